The highest BCUT2D eigenvalue weighted by Gasteiger charge is 2.05. The van der Waals surface area contributed by atoms with E-state index in [1.165, 1.54) is 0 Å². The van der Waals surface area contributed by atoms with Gasteiger partial charge in [-0.05, 0) is 38.1 Å². The lowest BCUT2D eigenvalue weighted by molar-refractivity contribution is -0.139. The molecule has 1 aromatic heterocycles. The van der Waals surface area contributed by atoms with Crippen molar-refractivity contribution in [2.75, 3.05) is 6.61 Å². The number of aryl methyl sites for hydroxylation is 2. The minimum Gasteiger partial charge on any atom is -0.482 e. The number of hydrogen-bond acceptors (Lipinski definition) is 3. The second kappa shape index (κ2) is 4.91. The fourth-order valence-electron chi connectivity index (χ4n) is 1.54. The zero-order chi connectivity index (χ0) is 13.1. The molecule has 0 bridgehead atoms. The zero-order valence-corrected chi connectivity index (χ0v) is 10.2. The Labute approximate surface area is 104 Å². The summed E-state index contributed by atoms with van der Waals surface area (Å²) in [6, 6.07) is 7.14. The van der Waals surface area contributed by atoms with Gasteiger partial charge in [0.1, 0.15) is 11.6 Å². The molecule has 18 heavy (non-hydrogen) atoms. The molecule has 0 aliphatic rings. The lowest BCUT2D eigenvalue weighted by Crippen LogP contribution is -2.09. The van der Waals surface area contributed by atoms with E-state index in [0.29, 0.717) is 5.75 Å². The van der Waals surface area contributed by atoms with E-state index in [0.717, 1.165) is 22.8 Å². The molecule has 0 atom stereocenters. The number of H-pyrrole nitrogens is 1. The quantitative estimate of drug-likeness (QED) is 0.866. The zero-order valence-electron chi connectivity index (χ0n) is 10.2. The number of aromatic amines is 1. The molecule has 1 aromatic carbocycles. The van der Waals surface area contributed by atoms with Crippen LogP contribution in [0.25, 0.3) is 11.4 Å². The summed E-state index contributed by atoms with van der Waals surface area (Å²) in [6.07, 6.45) is 0. The Morgan fingerprint density at radius 1 is 1.33 bits per heavy atom. The SMILES string of the molecule is Cc1nc(-c2ccc(OCC(=O)O)cc2)[nH]c1C. The van der Waals surface area contributed by atoms with Gasteiger partial charge in [-0.2, -0.15) is 0 Å². The minimum absolute atomic E-state index is 0.335. The Kier molecular flexibility index (Phi) is 3.32. The molecule has 0 fully saturated rings. The fourth-order valence-corrected chi connectivity index (χ4v) is 1.54. The average molecular weight is 246 g/mol. The van der Waals surface area contributed by atoms with Crippen LogP contribution in [-0.4, -0.2) is 27.7 Å². The number of benzene rings is 1. The highest BCUT2D eigenvalue weighted by molar-refractivity contribution is 5.68. The van der Waals surface area contributed by atoms with Crippen molar-refractivity contribution in [1.82, 2.24) is 9.97 Å². The van der Waals surface area contributed by atoms with Crippen LogP contribution in [0.5, 0.6) is 5.75 Å². The van der Waals surface area contributed by atoms with Crippen LogP contribution >= 0.6 is 0 Å². The number of hydrogen-bond donors (Lipinski definition) is 2. The lowest BCUT2D eigenvalue weighted by atomic mass is 10.2. The van der Waals surface area contributed by atoms with E-state index in [-0.39, 0.29) is 6.61 Å². The van der Waals surface area contributed by atoms with Crippen molar-refractivity contribution in [2.45, 2.75) is 13.8 Å². The van der Waals surface area contributed by atoms with E-state index in [9.17, 15) is 4.79 Å². The smallest absolute Gasteiger partial charge is 0.341 e. The molecule has 0 saturated heterocycles. The number of imidazole rings is 1. The van der Waals surface area contributed by atoms with Crippen LogP contribution in [-0.2, 0) is 4.79 Å². The molecule has 2 aromatic rings. The number of carboxylic acids is 1. The maximum absolute atomic E-state index is 10.4. The third kappa shape index (κ3) is 2.68. The Bertz CT molecular complexity index is 539. The molecule has 94 valence electrons. The number of aromatic nitrogens is 2. The molecule has 0 saturated carbocycles. The summed E-state index contributed by atoms with van der Waals surface area (Å²) >= 11 is 0. The summed E-state index contributed by atoms with van der Waals surface area (Å²) in [5.41, 5.74) is 2.95. The van der Waals surface area contributed by atoms with Gasteiger partial charge in [0.15, 0.2) is 6.61 Å². The molecular formula is C13H14N2O3. The predicted molar refractivity (Wildman–Crippen MR) is 66.6 cm³/mol. The van der Waals surface area contributed by atoms with Crippen molar-refractivity contribution in [3.63, 3.8) is 0 Å². The van der Waals surface area contributed by atoms with Crippen LogP contribution in [0.2, 0.25) is 0 Å². The number of carboxylic acid groups (broad SMARTS) is 1. The molecule has 0 unspecified atom stereocenters. The van der Waals surface area contributed by atoms with Gasteiger partial charge in [0.2, 0.25) is 0 Å². The van der Waals surface area contributed by atoms with E-state index < -0.39 is 5.97 Å². The highest BCUT2D eigenvalue weighted by atomic mass is 16.5. The topological polar surface area (TPSA) is 75.2 Å². The first-order valence-corrected chi connectivity index (χ1v) is 5.54. The molecule has 0 radical (unpaired) electrons. The number of carbonyl (C=O) groups is 1. The Balaban J connectivity index is 2.14. The van der Waals surface area contributed by atoms with Crippen LogP contribution in [0.15, 0.2) is 24.3 Å². The van der Waals surface area contributed by atoms with Gasteiger partial charge in [0.25, 0.3) is 0 Å². The maximum Gasteiger partial charge on any atom is 0.341 e. The molecule has 0 spiro atoms. The standard InChI is InChI=1S/C13H14N2O3/c1-8-9(2)15-13(14-8)10-3-5-11(6-4-10)18-7-12(16)17/h3-6H,7H2,1-2H3,(H,14,15)(H,16,17). The molecule has 0 aliphatic heterocycles. The first-order valence-electron chi connectivity index (χ1n) is 5.54. The van der Waals surface area contributed by atoms with Gasteiger partial charge < -0.3 is 14.8 Å². The van der Waals surface area contributed by atoms with Crippen LogP contribution < -0.4 is 4.74 Å². The fraction of sp³-hybridized carbons (Fsp3) is 0.231. The number of rotatable bonds is 4. The lowest BCUT2D eigenvalue weighted by Gasteiger charge is -2.03. The van der Waals surface area contributed by atoms with E-state index >= 15 is 0 Å². The molecule has 5 heteroatoms. The summed E-state index contributed by atoms with van der Waals surface area (Å²) in [5, 5.41) is 8.50. The second-order valence-corrected chi connectivity index (χ2v) is 4.00. The highest BCUT2D eigenvalue weighted by Crippen LogP contribution is 2.21. The largest absolute Gasteiger partial charge is 0.482 e. The number of aliphatic carboxylic acids is 1. The van der Waals surface area contributed by atoms with E-state index in [1.54, 1.807) is 12.1 Å². The molecule has 2 rings (SSSR count). The minimum atomic E-state index is -0.989. The first-order chi connectivity index (χ1) is 8.56. The maximum atomic E-state index is 10.4. The average Bonchev–Trinajstić information content (AvgIpc) is 2.68. The summed E-state index contributed by atoms with van der Waals surface area (Å²) in [7, 11) is 0. The normalized spacial score (nSPS) is 10.3. The van der Waals surface area contributed by atoms with Gasteiger partial charge in [0, 0.05) is 11.3 Å². The van der Waals surface area contributed by atoms with Gasteiger partial charge in [-0.25, -0.2) is 9.78 Å². The molecule has 0 amide bonds. The molecular weight excluding hydrogens is 232 g/mol. The third-order valence-corrected chi connectivity index (χ3v) is 2.62. The van der Waals surface area contributed by atoms with E-state index in [1.807, 2.05) is 26.0 Å². The van der Waals surface area contributed by atoms with Crippen LogP contribution in [0.3, 0.4) is 0 Å². The van der Waals surface area contributed by atoms with E-state index in [4.69, 9.17) is 9.84 Å². The van der Waals surface area contributed by atoms with Crippen molar-refractivity contribution >= 4 is 5.97 Å². The van der Waals surface area contributed by atoms with Crippen molar-refractivity contribution in [3.8, 4) is 17.1 Å². The molecule has 5 nitrogen and oxygen atoms in total. The summed E-state index contributed by atoms with van der Waals surface area (Å²) in [5.74, 6) is 0.340. The van der Waals surface area contributed by atoms with Crippen molar-refractivity contribution < 1.29 is 14.6 Å². The summed E-state index contributed by atoms with van der Waals surface area (Å²) in [4.78, 5) is 17.9. The van der Waals surface area contributed by atoms with Gasteiger partial charge in [-0.15, -0.1) is 0 Å². The predicted octanol–water partition coefficient (Wildman–Crippen LogP) is 2.16. The first kappa shape index (κ1) is 12.2. The number of ether oxygens (including phenoxy) is 1. The second-order valence-electron chi connectivity index (χ2n) is 4.00. The molecule has 1 heterocycles. The van der Waals surface area contributed by atoms with E-state index in [2.05, 4.69) is 9.97 Å². The Morgan fingerprint density at radius 3 is 2.50 bits per heavy atom. The Hall–Kier alpha value is -2.30. The number of nitrogens with zero attached hydrogens (tertiary/aromatic N) is 1. The monoisotopic (exact) mass is 246 g/mol. The van der Waals surface area contributed by atoms with Crippen molar-refractivity contribution in [2.24, 2.45) is 0 Å². The van der Waals surface area contributed by atoms with Crippen molar-refractivity contribution in [1.29, 1.82) is 0 Å². The van der Waals surface area contributed by atoms with Crippen LogP contribution in [0.4, 0.5) is 0 Å². The van der Waals surface area contributed by atoms with Gasteiger partial charge in [0.05, 0.1) is 5.69 Å². The summed E-state index contributed by atoms with van der Waals surface area (Å²) in [6.45, 7) is 3.58. The van der Waals surface area contributed by atoms with Crippen LogP contribution in [0.1, 0.15) is 11.4 Å². The van der Waals surface area contributed by atoms with Crippen molar-refractivity contribution in [3.05, 3.63) is 35.7 Å². The molecule has 2 N–H and O–H groups in total. The summed E-state index contributed by atoms with van der Waals surface area (Å²) < 4.78 is 5.06. The number of nitrogens with one attached hydrogen (secondary N) is 1. The van der Waals surface area contributed by atoms with Gasteiger partial charge >= 0.3 is 5.97 Å². The molecule has 0 aliphatic carbocycles. The third-order valence-electron chi connectivity index (χ3n) is 2.62. The van der Waals surface area contributed by atoms with Crippen LogP contribution in [0, 0.1) is 13.8 Å². The van der Waals surface area contributed by atoms with Gasteiger partial charge in [-0.3, -0.25) is 0 Å². The Morgan fingerprint density at radius 2 is 2.00 bits per heavy atom. The van der Waals surface area contributed by atoms with Gasteiger partial charge in [-0.1, -0.05) is 0 Å².